The summed E-state index contributed by atoms with van der Waals surface area (Å²) in [4.78, 5) is 4.59. The first kappa shape index (κ1) is 11.6. The Labute approximate surface area is 104 Å². The minimum absolute atomic E-state index is 0.780. The fraction of sp³-hybridized carbons (Fsp3) is 0.417. The lowest BCUT2D eigenvalue weighted by molar-refractivity contribution is 0.194. The van der Waals surface area contributed by atoms with E-state index in [0.29, 0.717) is 0 Å². The summed E-state index contributed by atoms with van der Waals surface area (Å²) in [6.45, 7) is 2.82. The number of aryl methyl sites for hydroxylation is 2. The van der Waals surface area contributed by atoms with Crippen LogP contribution in [0, 0.1) is 6.92 Å². The number of imidazole rings is 1. The summed E-state index contributed by atoms with van der Waals surface area (Å²) in [6.07, 6.45) is 4.01. The highest BCUT2D eigenvalue weighted by atomic mass is 79.9. The Morgan fingerprint density at radius 3 is 3.00 bits per heavy atom. The zero-order chi connectivity index (χ0) is 11.5. The molecule has 0 spiro atoms. The van der Waals surface area contributed by atoms with Crippen LogP contribution in [0.1, 0.15) is 17.9 Å². The van der Waals surface area contributed by atoms with Gasteiger partial charge < -0.3 is 9.14 Å². The van der Waals surface area contributed by atoms with E-state index in [2.05, 4.69) is 37.6 Å². The maximum atomic E-state index is 5.06. The highest BCUT2D eigenvalue weighted by Crippen LogP contribution is 2.17. The van der Waals surface area contributed by atoms with Crippen LogP contribution in [-0.2, 0) is 11.2 Å². The van der Waals surface area contributed by atoms with Gasteiger partial charge in [0.1, 0.15) is 5.82 Å². The maximum absolute atomic E-state index is 5.06. The SMILES string of the molecule is COCCCc1nc(C)c2ccc(Br)cn12. The van der Waals surface area contributed by atoms with Crippen LogP contribution in [-0.4, -0.2) is 23.1 Å². The third-order valence-electron chi connectivity index (χ3n) is 2.61. The summed E-state index contributed by atoms with van der Waals surface area (Å²) in [5, 5.41) is 0. The van der Waals surface area contributed by atoms with Crippen molar-refractivity contribution in [2.24, 2.45) is 0 Å². The quantitative estimate of drug-likeness (QED) is 0.806. The van der Waals surface area contributed by atoms with Crippen molar-refractivity contribution in [3.63, 3.8) is 0 Å². The molecule has 2 rings (SSSR count). The van der Waals surface area contributed by atoms with Crippen LogP contribution in [0.5, 0.6) is 0 Å². The summed E-state index contributed by atoms with van der Waals surface area (Å²) in [5.74, 6) is 1.10. The van der Waals surface area contributed by atoms with Crippen molar-refractivity contribution in [3.8, 4) is 0 Å². The van der Waals surface area contributed by atoms with Gasteiger partial charge >= 0.3 is 0 Å². The monoisotopic (exact) mass is 282 g/mol. The van der Waals surface area contributed by atoms with Crippen LogP contribution < -0.4 is 0 Å². The lowest BCUT2D eigenvalue weighted by Crippen LogP contribution is -1.98. The number of aromatic nitrogens is 2. The number of rotatable bonds is 4. The normalized spacial score (nSPS) is 11.2. The number of hydrogen-bond donors (Lipinski definition) is 0. The molecule has 0 saturated carbocycles. The Bertz CT molecular complexity index is 493. The van der Waals surface area contributed by atoms with Gasteiger partial charge in [-0.25, -0.2) is 4.98 Å². The summed E-state index contributed by atoms with van der Waals surface area (Å²) in [6, 6.07) is 4.13. The number of hydrogen-bond acceptors (Lipinski definition) is 2. The first-order valence-electron chi connectivity index (χ1n) is 5.34. The molecule has 2 aromatic heterocycles. The van der Waals surface area contributed by atoms with E-state index < -0.39 is 0 Å². The van der Waals surface area contributed by atoms with Crippen molar-refractivity contribution in [1.29, 1.82) is 0 Å². The molecule has 86 valence electrons. The summed E-state index contributed by atoms with van der Waals surface area (Å²) in [7, 11) is 1.73. The lowest BCUT2D eigenvalue weighted by Gasteiger charge is -2.01. The molecule has 0 bridgehead atoms. The Hall–Kier alpha value is -0.870. The molecule has 0 N–H and O–H groups in total. The Kier molecular flexibility index (Phi) is 3.61. The van der Waals surface area contributed by atoms with Gasteiger partial charge in [0.15, 0.2) is 0 Å². The molecule has 2 heterocycles. The largest absolute Gasteiger partial charge is 0.385 e. The minimum atomic E-state index is 0.780. The van der Waals surface area contributed by atoms with Crippen molar-refractivity contribution in [3.05, 3.63) is 34.3 Å². The van der Waals surface area contributed by atoms with Crippen molar-refractivity contribution < 1.29 is 4.74 Å². The smallest absolute Gasteiger partial charge is 0.113 e. The fourth-order valence-electron chi connectivity index (χ4n) is 1.84. The average molecular weight is 283 g/mol. The predicted molar refractivity (Wildman–Crippen MR) is 67.8 cm³/mol. The number of halogens is 1. The molecule has 0 aromatic carbocycles. The molecule has 0 aliphatic rings. The van der Waals surface area contributed by atoms with Gasteiger partial charge in [-0.3, -0.25) is 0 Å². The van der Waals surface area contributed by atoms with Gasteiger partial charge in [-0.05, 0) is 41.4 Å². The van der Waals surface area contributed by atoms with E-state index in [9.17, 15) is 0 Å². The van der Waals surface area contributed by atoms with Gasteiger partial charge in [0.05, 0.1) is 11.2 Å². The highest BCUT2D eigenvalue weighted by molar-refractivity contribution is 9.10. The highest BCUT2D eigenvalue weighted by Gasteiger charge is 2.07. The molecule has 0 radical (unpaired) electrons. The minimum Gasteiger partial charge on any atom is -0.385 e. The number of nitrogens with zero attached hydrogens (tertiary/aromatic N) is 2. The molecule has 0 aliphatic heterocycles. The zero-order valence-corrected chi connectivity index (χ0v) is 11.1. The summed E-state index contributed by atoms with van der Waals surface area (Å²) < 4.78 is 8.28. The van der Waals surface area contributed by atoms with E-state index in [1.807, 2.05) is 13.0 Å². The third kappa shape index (κ3) is 2.28. The molecule has 0 aliphatic carbocycles. The number of ether oxygens (including phenoxy) is 1. The lowest BCUT2D eigenvalue weighted by atomic mass is 10.3. The third-order valence-corrected chi connectivity index (χ3v) is 3.08. The summed E-state index contributed by atoms with van der Waals surface area (Å²) >= 11 is 3.48. The van der Waals surface area contributed by atoms with Gasteiger partial charge in [0.2, 0.25) is 0 Å². The van der Waals surface area contributed by atoms with Crippen LogP contribution in [0.2, 0.25) is 0 Å². The molecule has 3 nitrogen and oxygen atoms in total. The van der Waals surface area contributed by atoms with Crippen molar-refractivity contribution in [1.82, 2.24) is 9.38 Å². The zero-order valence-electron chi connectivity index (χ0n) is 9.53. The molecule has 4 heteroatoms. The Morgan fingerprint density at radius 1 is 1.44 bits per heavy atom. The van der Waals surface area contributed by atoms with Crippen LogP contribution in [0.15, 0.2) is 22.8 Å². The molecule has 16 heavy (non-hydrogen) atoms. The van der Waals surface area contributed by atoms with Crippen LogP contribution in [0.25, 0.3) is 5.52 Å². The molecule has 0 amide bonds. The van der Waals surface area contributed by atoms with Gasteiger partial charge in [0.25, 0.3) is 0 Å². The van der Waals surface area contributed by atoms with Crippen molar-refractivity contribution in [2.45, 2.75) is 19.8 Å². The van der Waals surface area contributed by atoms with E-state index >= 15 is 0 Å². The Balaban J connectivity index is 2.33. The summed E-state index contributed by atoms with van der Waals surface area (Å²) in [5.41, 5.74) is 2.26. The van der Waals surface area contributed by atoms with Crippen molar-refractivity contribution in [2.75, 3.05) is 13.7 Å². The van der Waals surface area contributed by atoms with Gasteiger partial charge in [-0.1, -0.05) is 0 Å². The molecule has 0 unspecified atom stereocenters. The second kappa shape index (κ2) is 4.97. The number of methoxy groups -OCH3 is 1. The molecule has 0 fully saturated rings. The van der Waals surface area contributed by atoms with Gasteiger partial charge in [0, 0.05) is 30.8 Å². The second-order valence-corrected chi connectivity index (χ2v) is 4.73. The van der Waals surface area contributed by atoms with E-state index in [-0.39, 0.29) is 0 Å². The molecule has 0 atom stereocenters. The van der Waals surface area contributed by atoms with Crippen molar-refractivity contribution >= 4 is 21.4 Å². The van der Waals surface area contributed by atoms with Gasteiger partial charge in [-0.2, -0.15) is 0 Å². The number of fused-ring (bicyclic) bond motifs is 1. The maximum Gasteiger partial charge on any atom is 0.113 e. The van der Waals surface area contributed by atoms with E-state index in [4.69, 9.17) is 4.74 Å². The van der Waals surface area contributed by atoms with E-state index in [0.717, 1.165) is 35.4 Å². The van der Waals surface area contributed by atoms with Crippen LogP contribution >= 0.6 is 15.9 Å². The second-order valence-electron chi connectivity index (χ2n) is 3.81. The molecular weight excluding hydrogens is 268 g/mol. The fourth-order valence-corrected chi connectivity index (χ4v) is 2.18. The van der Waals surface area contributed by atoms with E-state index in [1.165, 1.54) is 5.52 Å². The molecular formula is C12H15BrN2O. The predicted octanol–water partition coefficient (Wildman–Crippen LogP) is 2.98. The molecule has 2 aromatic rings. The van der Waals surface area contributed by atoms with Gasteiger partial charge in [-0.15, -0.1) is 0 Å². The first-order chi connectivity index (χ1) is 7.72. The standard InChI is InChI=1S/C12H15BrN2O/c1-9-11-6-5-10(13)8-15(11)12(14-9)4-3-7-16-2/h5-6,8H,3-4,7H2,1-2H3. The first-order valence-corrected chi connectivity index (χ1v) is 6.13. The number of pyridine rings is 1. The molecule has 0 saturated heterocycles. The van der Waals surface area contributed by atoms with Crippen LogP contribution in [0.4, 0.5) is 0 Å². The van der Waals surface area contributed by atoms with E-state index in [1.54, 1.807) is 7.11 Å². The average Bonchev–Trinajstić information content (AvgIpc) is 2.56. The van der Waals surface area contributed by atoms with Crippen LogP contribution in [0.3, 0.4) is 0 Å². The topological polar surface area (TPSA) is 26.5 Å². The Morgan fingerprint density at radius 2 is 2.25 bits per heavy atom.